The Morgan fingerprint density at radius 1 is 1.64 bits per heavy atom. The molecular formula is C10H14BrN3. The first-order valence-electron chi connectivity index (χ1n) is 4.79. The molecule has 1 saturated heterocycles. The number of hydrogen-bond donors (Lipinski definition) is 1. The molecule has 0 amide bonds. The number of hydrogen-bond acceptors (Lipinski definition) is 3. The molecule has 0 aromatic carbocycles. The van der Waals surface area contributed by atoms with Crippen molar-refractivity contribution in [2.24, 2.45) is 5.73 Å². The van der Waals surface area contributed by atoms with Crippen molar-refractivity contribution in [2.45, 2.75) is 18.9 Å². The average molecular weight is 256 g/mol. The topological polar surface area (TPSA) is 42.1 Å². The minimum atomic E-state index is -0.00301. The second kappa shape index (κ2) is 3.51. The Bertz CT molecular complexity index is 334. The number of rotatable bonds is 2. The highest BCUT2D eigenvalue weighted by molar-refractivity contribution is 9.10. The van der Waals surface area contributed by atoms with Crippen molar-refractivity contribution in [3.63, 3.8) is 0 Å². The fraction of sp³-hybridized carbons (Fsp3) is 0.500. The van der Waals surface area contributed by atoms with E-state index in [9.17, 15) is 0 Å². The molecule has 4 heteroatoms. The maximum absolute atomic E-state index is 6.10. The summed E-state index contributed by atoms with van der Waals surface area (Å²) >= 11 is 3.49. The second-order valence-electron chi connectivity index (χ2n) is 3.88. The molecule has 2 heterocycles. The van der Waals surface area contributed by atoms with Gasteiger partial charge in [-0.15, -0.1) is 0 Å². The van der Waals surface area contributed by atoms with Gasteiger partial charge >= 0.3 is 0 Å². The lowest BCUT2D eigenvalue weighted by molar-refractivity contribution is 0.320. The van der Waals surface area contributed by atoms with E-state index in [-0.39, 0.29) is 5.54 Å². The van der Waals surface area contributed by atoms with Crippen molar-refractivity contribution in [3.05, 3.63) is 22.8 Å². The number of aromatic nitrogens is 1. The molecule has 0 bridgehead atoms. The van der Waals surface area contributed by atoms with Crippen molar-refractivity contribution < 1.29 is 0 Å². The molecule has 2 N–H and O–H groups in total. The predicted octanol–water partition coefficient (Wildman–Crippen LogP) is 1.77. The molecule has 1 aromatic rings. The van der Waals surface area contributed by atoms with Crippen LogP contribution >= 0.6 is 15.9 Å². The zero-order valence-electron chi connectivity index (χ0n) is 8.20. The summed E-state index contributed by atoms with van der Waals surface area (Å²) in [5.74, 6) is 1.00. The van der Waals surface area contributed by atoms with Gasteiger partial charge in [-0.3, -0.25) is 0 Å². The van der Waals surface area contributed by atoms with Crippen LogP contribution in [0.4, 0.5) is 5.82 Å². The van der Waals surface area contributed by atoms with E-state index in [1.807, 2.05) is 18.3 Å². The van der Waals surface area contributed by atoms with Crippen LogP contribution < -0.4 is 10.6 Å². The number of nitrogens with zero attached hydrogens (tertiary/aromatic N) is 2. The van der Waals surface area contributed by atoms with Crippen LogP contribution in [0.2, 0.25) is 0 Å². The zero-order chi connectivity index (χ0) is 10.2. The molecule has 1 fully saturated rings. The minimum Gasteiger partial charge on any atom is -0.352 e. The monoisotopic (exact) mass is 255 g/mol. The first kappa shape index (κ1) is 9.93. The van der Waals surface area contributed by atoms with Crippen LogP contribution in [0.25, 0.3) is 0 Å². The van der Waals surface area contributed by atoms with E-state index in [0.29, 0.717) is 0 Å². The third-order valence-electron chi connectivity index (χ3n) is 2.75. The van der Waals surface area contributed by atoms with Crippen LogP contribution in [0.3, 0.4) is 0 Å². The van der Waals surface area contributed by atoms with Crippen LogP contribution in [0.15, 0.2) is 22.8 Å². The fourth-order valence-electron chi connectivity index (χ4n) is 1.70. The Kier molecular flexibility index (Phi) is 2.49. The average Bonchev–Trinajstić information content (AvgIpc) is 2.14. The SMILES string of the molecule is CCC1(N)CN(c2ncccc2Br)C1. The summed E-state index contributed by atoms with van der Waals surface area (Å²) in [6, 6.07) is 3.92. The van der Waals surface area contributed by atoms with Gasteiger partial charge in [0.15, 0.2) is 0 Å². The molecule has 0 atom stereocenters. The molecule has 0 radical (unpaired) electrons. The molecule has 0 unspecified atom stereocenters. The largest absolute Gasteiger partial charge is 0.352 e. The van der Waals surface area contributed by atoms with E-state index in [1.54, 1.807) is 0 Å². The summed E-state index contributed by atoms with van der Waals surface area (Å²) in [5.41, 5.74) is 6.09. The molecule has 0 aliphatic carbocycles. The lowest BCUT2D eigenvalue weighted by Crippen LogP contribution is -2.67. The van der Waals surface area contributed by atoms with Crippen LogP contribution in [-0.4, -0.2) is 23.6 Å². The standard InChI is InChI=1S/C10H14BrN3/c1-2-10(12)6-14(7-10)9-8(11)4-3-5-13-9/h3-5H,2,6-7,12H2,1H3. The number of nitrogens with two attached hydrogens (primary N) is 1. The smallest absolute Gasteiger partial charge is 0.142 e. The Morgan fingerprint density at radius 2 is 2.36 bits per heavy atom. The van der Waals surface area contributed by atoms with Crippen LogP contribution in [0.1, 0.15) is 13.3 Å². The molecule has 1 aromatic heterocycles. The molecule has 0 saturated carbocycles. The fourth-order valence-corrected chi connectivity index (χ4v) is 2.20. The van der Waals surface area contributed by atoms with E-state index in [0.717, 1.165) is 29.8 Å². The molecule has 3 nitrogen and oxygen atoms in total. The van der Waals surface area contributed by atoms with Gasteiger partial charge in [-0.1, -0.05) is 6.92 Å². The Balaban J connectivity index is 2.10. The highest BCUT2D eigenvalue weighted by Gasteiger charge is 2.38. The first-order chi connectivity index (χ1) is 6.64. The van der Waals surface area contributed by atoms with E-state index in [4.69, 9.17) is 5.73 Å². The van der Waals surface area contributed by atoms with Gasteiger partial charge in [0.05, 0.1) is 10.0 Å². The Labute approximate surface area is 92.4 Å². The van der Waals surface area contributed by atoms with Crippen LogP contribution in [0, 0.1) is 0 Å². The van der Waals surface area contributed by atoms with E-state index < -0.39 is 0 Å². The lowest BCUT2D eigenvalue weighted by Gasteiger charge is -2.48. The number of anilines is 1. The number of halogens is 1. The summed E-state index contributed by atoms with van der Waals surface area (Å²) < 4.78 is 1.04. The quantitative estimate of drug-likeness (QED) is 0.876. The van der Waals surface area contributed by atoms with E-state index in [1.165, 1.54) is 0 Å². The summed E-state index contributed by atoms with van der Waals surface area (Å²) in [4.78, 5) is 6.53. The van der Waals surface area contributed by atoms with Crippen molar-refractivity contribution in [1.29, 1.82) is 0 Å². The van der Waals surface area contributed by atoms with Gasteiger partial charge in [-0.25, -0.2) is 4.98 Å². The first-order valence-corrected chi connectivity index (χ1v) is 5.58. The van der Waals surface area contributed by atoms with Gasteiger partial charge in [-0.05, 0) is 34.5 Å². The van der Waals surface area contributed by atoms with Gasteiger partial charge in [0.25, 0.3) is 0 Å². The highest BCUT2D eigenvalue weighted by Crippen LogP contribution is 2.31. The van der Waals surface area contributed by atoms with E-state index >= 15 is 0 Å². The molecule has 2 rings (SSSR count). The third kappa shape index (κ3) is 1.64. The lowest BCUT2D eigenvalue weighted by atomic mass is 9.88. The Hall–Kier alpha value is -0.610. The summed E-state index contributed by atoms with van der Waals surface area (Å²) in [6.45, 7) is 3.93. The maximum atomic E-state index is 6.10. The molecular weight excluding hydrogens is 242 g/mol. The van der Waals surface area contributed by atoms with Crippen molar-refractivity contribution >= 4 is 21.7 Å². The van der Waals surface area contributed by atoms with Crippen LogP contribution in [0.5, 0.6) is 0 Å². The molecule has 1 aliphatic heterocycles. The molecule has 0 spiro atoms. The number of pyridine rings is 1. The second-order valence-corrected chi connectivity index (χ2v) is 4.74. The Morgan fingerprint density at radius 3 is 2.93 bits per heavy atom. The van der Waals surface area contributed by atoms with Gasteiger partial charge in [0, 0.05) is 19.3 Å². The van der Waals surface area contributed by atoms with Gasteiger partial charge in [0.1, 0.15) is 5.82 Å². The summed E-state index contributed by atoms with van der Waals surface area (Å²) in [7, 11) is 0. The maximum Gasteiger partial charge on any atom is 0.142 e. The predicted molar refractivity (Wildman–Crippen MR) is 61.4 cm³/mol. The highest BCUT2D eigenvalue weighted by atomic mass is 79.9. The van der Waals surface area contributed by atoms with Crippen molar-refractivity contribution in [3.8, 4) is 0 Å². The van der Waals surface area contributed by atoms with Gasteiger partial charge < -0.3 is 10.6 Å². The zero-order valence-corrected chi connectivity index (χ0v) is 9.79. The van der Waals surface area contributed by atoms with Crippen LogP contribution in [-0.2, 0) is 0 Å². The summed E-state index contributed by atoms with van der Waals surface area (Å²) in [6.07, 6.45) is 2.83. The third-order valence-corrected chi connectivity index (χ3v) is 3.37. The summed E-state index contributed by atoms with van der Waals surface area (Å²) in [5, 5.41) is 0. The minimum absolute atomic E-state index is 0.00301. The van der Waals surface area contributed by atoms with E-state index in [2.05, 4.69) is 32.7 Å². The molecule has 76 valence electrons. The van der Waals surface area contributed by atoms with Gasteiger partial charge in [-0.2, -0.15) is 0 Å². The van der Waals surface area contributed by atoms with Gasteiger partial charge in [0.2, 0.25) is 0 Å². The molecule has 14 heavy (non-hydrogen) atoms. The molecule has 1 aliphatic rings. The van der Waals surface area contributed by atoms with Crippen molar-refractivity contribution in [1.82, 2.24) is 4.98 Å². The normalized spacial score (nSPS) is 19.2. The van der Waals surface area contributed by atoms with Crippen molar-refractivity contribution in [2.75, 3.05) is 18.0 Å².